The Kier molecular flexibility index (Phi) is 4.41. The minimum atomic E-state index is -0.0585. The predicted octanol–water partition coefficient (Wildman–Crippen LogP) is 4.24. The molecule has 0 atom stereocenters. The van der Waals surface area contributed by atoms with Crippen LogP contribution in [0.1, 0.15) is 31.0 Å². The number of benzene rings is 1. The van der Waals surface area contributed by atoms with Gasteiger partial charge in [-0.2, -0.15) is 11.3 Å². The zero-order valence-electron chi connectivity index (χ0n) is 14.8. The van der Waals surface area contributed by atoms with Crippen molar-refractivity contribution in [3.05, 3.63) is 52.6 Å². The van der Waals surface area contributed by atoms with E-state index >= 15 is 0 Å². The van der Waals surface area contributed by atoms with Crippen LogP contribution in [-0.2, 0) is 6.54 Å². The average molecular weight is 382 g/mol. The molecule has 0 saturated heterocycles. The average Bonchev–Trinajstić information content (AvgIpc) is 3.36. The first-order chi connectivity index (χ1) is 13.0. The van der Waals surface area contributed by atoms with E-state index < -0.39 is 0 Å². The highest BCUT2D eigenvalue weighted by Gasteiger charge is 2.24. The van der Waals surface area contributed by atoms with E-state index in [4.69, 9.17) is 4.52 Å². The second-order valence-corrected chi connectivity index (χ2v) is 7.31. The van der Waals surface area contributed by atoms with Gasteiger partial charge in [0.1, 0.15) is 17.2 Å². The molecule has 1 aromatic carbocycles. The molecule has 4 aromatic rings. The maximum atomic E-state index is 10.5. The van der Waals surface area contributed by atoms with Gasteiger partial charge in [0.05, 0.1) is 23.9 Å². The predicted molar refractivity (Wildman–Crippen MR) is 102 cm³/mol. The van der Waals surface area contributed by atoms with Crippen LogP contribution in [0.5, 0.6) is 11.5 Å². The second kappa shape index (κ2) is 6.88. The molecule has 7 nitrogen and oxygen atoms in total. The summed E-state index contributed by atoms with van der Waals surface area (Å²) in [6.45, 7) is 4.35. The Hall–Kier alpha value is -3.13. The van der Waals surface area contributed by atoms with Crippen molar-refractivity contribution >= 4 is 11.3 Å². The summed E-state index contributed by atoms with van der Waals surface area (Å²) in [5.41, 5.74) is 3.66. The zero-order chi connectivity index (χ0) is 19.0. The fourth-order valence-corrected chi connectivity index (χ4v) is 3.67. The maximum absolute atomic E-state index is 10.5. The van der Waals surface area contributed by atoms with Crippen LogP contribution in [0.15, 0.2) is 45.9 Å². The summed E-state index contributed by atoms with van der Waals surface area (Å²) < 4.78 is 7.32. The molecule has 0 saturated carbocycles. The van der Waals surface area contributed by atoms with Gasteiger partial charge < -0.3 is 14.7 Å². The Morgan fingerprint density at radius 1 is 1.22 bits per heavy atom. The lowest BCUT2D eigenvalue weighted by Crippen LogP contribution is -2.02. The van der Waals surface area contributed by atoms with Crippen molar-refractivity contribution in [2.24, 2.45) is 0 Å². The quantitative estimate of drug-likeness (QED) is 0.536. The number of phenols is 2. The third kappa shape index (κ3) is 3.19. The Balaban J connectivity index is 1.89. The smallest absolute Gasteiger partial charge is 0.178 e. The minimum absolute atomic E-state index is 0.0585. The standard InChI is InChI=1S/C19H18N4O3S/c1-11(2)13-7-14(17(25)8-16(13)24)19-18(12-3-6-27-10-12)15(21-26-19)9-23-5-4-20-22-23/h3-8,10-11,24-25H,9H2,1-2H3. The van der Waals surface area contributed by atoms with E-state index in [0.29, 0.717) is 23.6 Å². The van der Waals surface area contributed by atoms with Crippen molar-refractivity contribution in [1.29, 1.82) is 0 Å². The normalized spacial score (nSPS) is 11.4. The molecule has 0 unspecified atom stereocenters. The number of phenolic OH excluding ortho intramolecular Hbond substituents is 2. The summed E-state index contributed by atoms with van der Waals surface area (Å²) in [5, 5.41) is 36.6. The van der Waals surface area contributed by atoms with Crippen molar-refractivity contribution in [3.63, 3.8) is 0 Å². The van der Waals surface area contributed by atoms with Crippen molar-refractivity contribution in [2.75, 3.05) is 0 Å². The molecular formula is C19H18N4O3S. The maximum Gasteiger partial charge on any atom is 0.178 e. The fraction of sp³-hybridized carbons (Fsp3) is 0.211. The highest BCUT2D eigenvalue weighted by molar-refractivity contribution is 7.08. The van der Waals surface area contributed by atoms with Crippen LogP contribution in [0.25, 0.3) is 22.5 Å². The van der Waals surface area contributed by atoms with Gasteiger partial charge in [-0.15, -0.1) is 5.10 Å². The molecular weight excluding hydrogens is 364 g/mol. The first-order valence-electron chi connectivity index (χ1n) is 8.46. The van der Waals surface area contributed by atoms with Gasteiger partial charge in [-0.25, -0.2) is 4.68 Å². The lowest BCUT2D eigenvalue weighted by Gasteiger charge is -2.12. The summed E-state index contributed by atoms with van der Waals surface area (Å²) in [5.74, 6) is 0.553. The van der Waals surface area contributed by atoms with Gasteiger partial charge in [0.2, 0.25) is 0 Å². The van der Waals surface area contributed by atoms with E-state index in [1.165, 1.54) is 6.07 Å². The van der Waals surface area contributed by atoms with E-state index in [-0.39, 0.29) is 17.4 Å². The summed E-state index contributed by atoms with van der Waals surface area (Å²) in [7, 11) is 0. The lowest BCUT2D eigenvalue weighted by atomic mass is 9.95. The molecule has 0 bridgehead atoms. The van der Waals surface area contributed by atoms with Crippen molar-refractivity contribution in [2.45, 2.75) is 26.3 Å². The molecule has 27 heavy (non-hydrogen) atoms. The molecule has 0 fully saturated rings. The largest absolute Gasteiger partial charge is 0.508 e. The van der Waals surface area contributed by atoms with Gasteiger partial charge in [0.25, 0.3) is 0 Å². The highest BCUT2D eigenvalue weighted by atomic mass is 32.1. The summed E-state index contributed by atoms with van der Waals surface area (Å²) in [6.07, 6.45) is 3.35. The number of rotatable bonds is 5. The van der Waals surface area contributed by atoms with Crippen molar-refractivity contribution < 1.29 is 14.7 Å². The molecule has 0 amide bonds. The Morgan fingerprint density at radius 3 is 2.74 bits per heavy atom. The van der Waals surface area contributed by atoms with E-state index in [1.54, 1.807) is 34.5 Å². The van der Waals surface area contributed by atoms with Gasteiger partial charge >= 0.3 is 0 Å². The third-order valence-corrected chi connectivity index (χ3v) is 5.05. The van der Waals surface area contributed by atoms with Gasteiger partial charge in [-0.1, -0.05) is 24.2 Å². The molecule has 4 rings (SSSR count). The van der Waals surface area contributed by atoms with Gasteiger partial charge in [0.15, 0.2) is 5.76 Å². The number of hydrogen-bond acceptors (Lipinski definition) is 7. The highest BCUT2D eigenvalue weighted by Crippen LogP contribution is 2.43. The SMILES string of the molecule is CC(C)c1cc(-c2onc(Cn3ccnn3)c2-c2ccsc2)c(O)cc1O. The first-order valence-corrected chi connectivity index (χ1v) is 9.40. The summed E-state index contributed by atoms with van der Waals surface area (Å²) >= 11 is 1.57. The van der Waals surface area contributed by atoms with E-state index in [2.05, 4.69) is 15.5 Å². The van der Waals surface area contributed by atoms with Gasteiger partial charge in [-0.3, -0.25) is 0 Å². The van der Waals surface area contributed by atoms with Crippen LogP contribution >= 0.6 is 11.3 Å². The van der Waals surface area contributed by atoms with Crippen LogP contribution in [-0.4, -0.2) is 30.4 Å². The van der Waals surface area contributed by atoms with Crippen molar-refractivity contribution in [3.8, 4) is 33.9 Å². The Bertz CT molecular complexity index is 1050. The number of hydrogen-bond donors (Lipinski definition) is 2. The number of aromatic nitrogens is 4. The van der Waals surface area contributed by atoms with Crippen LogP contribution in [0.3, 0.4) is 0 Å². The van der Waals surface area contributed by atoms with Gasteiger partial charge in [-0.05, 0) is 39.9 Å². The van der Waals surface area contributed by atoms with E-state index in [0.717, 1.165) is 16.7 Å². The molecule has 0 spiro atoms. The molecule has 0 aliphatic rings. The third-order valence-electron chi connectivity index (χ3n) is 4.37. The van der Waals surface area contributed by atoms with E-state index in [1.807, 2.05) is 30.7 Å². The topological polar surface area (TPSA) is 97.2 Å². The van der Waals surface area contributed by atoms with Crippen LogP contribution in [0.2, 0.25) is 0 Å². The van der Waals surface area contributed by atoms with Crippen LogP contribution in [0, 0.1) is 0 Å². The molecule has 3 aromatic heterocycles. The summed E-state index contributed by atoms with van der Waals surface area (Å²) in [6, 6.07) is 5.08. The number of thiophene rings is 1. The monoisotopic (exact) mass is 382 g/mol. The summed E-state index contributed by atoms with van der Waals surface area (Å²) in [4.78, 5) is 0. The molecule has 138 valence electrons. The lowest BCUT2D eigenvalue weighted by molar-refractivity contribution is 0.412. The Morgan fingerprint density at radius 2 is 2.07 bits per heavy atom. The first kappa shape index (κ1) is 17.3. The molecule has 8 heteroatoms. The molecule has 3 heterocycles. The molecule has 0 radical (unpaired) electrons. The van der Waals surface area contributed by atoms with E-state index in [9.17, 15) is 10.2 Å². The van der Waals surface area contributed by atoms with Crippen LogP contribution < -0.4 is 0 Å². The molecule has 2 N–H and O–H groups in total. The van der Waals surface area contributed by atoms with Crippen molar-refractivity contribution in [1.82, 2.24) is 20.2 Å². The minimum Gasteiger partial charge on any atom is -0.508 e. The second-order valence-electron chi connectivity index (χ2n) is 6.53. The molecule has 0 aliphatic heterocycles. The van der Waals surface area contributed by atoms with Crippen LogP contribution in [0.4, 0.5) is 0 Å². The fourth-order valence-electron chi connectivity index (χ4n) is 3.03. The number of nitrogens with zero attached hydrogens (tertiary/aromatic N) is 4. The zero-order valence-corrected chi connectivity index (χ0v) is 15.6. The molecule has 0 aliphatic carbocycles. The van der Waals surface area contributed by atoms with Gasteiger partial charge in [0, 0.05) is 12.3 Å². The number of aromatic hydroxyl groups is 2. The Labute approximate surface area is 159 Å².